The number of hydrogen-bond acceptors (Lipinski definition) is 2. The van der Waals surface area contributed by atoms with Gasteiger partial charge >= 0.3 is 0 Å². The molecule has 1 aliphatic carbocycles. The van der Waals surface area contributed by atoms with Crippen LogP contribution in [0.1, 0.15) is 37.3 Å². The summed E-state index contributed by atoms with van der Waals surface area (Å²) in [5.41, 5.74) is 6.24. The molecular weight excluding hydrogens is 241 g/mol. The van der Waals surface area contributed by atoms with Gasteiger partial charge in [-0.2, -0.15) is 0 Å². The molecule has 0 aliphatic heterocycles. The number of hydrogen-bond donors (Lipinski definition) is 2. The topological polar surface area (TPSA) is 46.2 Å². The van der Waals surface area contributed by atoms with Gasteiger partial charge in [0, 0.05) is 5.56 Å². The lowest BCUT2D eigenvalue weighted by molar-refractivity contribution is 0.0833. The number of rotatable bonds is 3. The molecule has 1 aromatic rings. The molecule has 1 aromatic carbocycles. The van der Waals surface area contributed by atoms with Crippen LogP contribution < -0.4 is 5.73 Å². The van der Waals surface area contributed by atoms with E-state index in [1.807, 2.05) is 0 Å². The van der Waals surface area contributed by atoms with Crippen LogP contribution in [0.2, 0.25) is 5.02 Å². The maximum atomic E-state index is 13.8. The van der Waals surface area contributed by atoms with Crippen LogP contribution >= 0.6 is 11.6 Å². The van der Waals surface area contributed by atoms with Gasteiger partial charge in [-0.15, -0.1) is 0 Å². The SMILES string of the molecule is N[C@@H](c1cccc(Cl)c1F)[C@H](O)C1CCCC1. The molecule has 1 aliphatic rings. The fourth-order valence-corrected chi connectivity index (χ4v) is 2.74. The molecule has 94 valence electrons. The van der Waals surface area contributed by atoms with Crippen molar-refractivity contribution in [3.63, 3.8) is 0 Å². The highest BCUT2D eigenvalue weighted by Gasteiger charge is 2.30. The molecule has 4 heteroatoms. The molecule has 0 aromatic heterocycles. The van der Waals surface area contributed by atoms with E-state index in [1.165, 1.54) is 6.07 Å². The van der Waals surface area contributed by atoms with Crippen LogP contribution in [0, 0.1) is 11.7 Å². The summed E-state index contributed by atoms with van der Waals surface area (Å²) in [7, 11) is 0. The average molecular weight is 258 g/mol. The summed E-state index contributed by atoms with van der Waals surface area (Å²) in [5, 5.41) is 10.2. The van der Waals surface area contributed by atoms with Gasteiger partial charge in [-0.25, -0.2) is 4.39 Å². The van der Waals surface area contributed by atoms with Crippen molar-refractivity contribution in [2.24, 2.45) is 11.7 Å². The van der Waals surface area contributed by atoms with Gasteiger partial charge < -0.3 is 10.8 Å². The molecule has 0 spiro atoms. The van der Waals surface area contributed by atoms with Gasteiger partial charge in [0.2, 0.25) is 0 Å². The van der Waals surface area contributed by atoms with E-state index in [-0.39, 0.29) is 10.9 Å². The first-order chi connectivity index (χ1) is 8.11. The quantitative estimate of drug-likeness (QED) is 0.874. The Morgan fingerprint density at radius 2 is 2.00 bits per heavy atom. The van der Waals surface area contributed by atoms with E-state index in [0.717, 1.165) is 25.7 Å². The fourth-order valence-electron chi connectivity index (χ4n) is 2.55. The Hall–Kier alpha value is -0.640. The predicted octanol–water partition coefficient (Wildman–Crippen LogP) is 3.03. The monoisotopic (exact) mass is 257 g/mol. The van der Waals surface area contributed by atoms with Crippen LogP contribution in [0.5, 0.6) is 0 Å². The Morgan fingerprint density at radius 3 is 2.65 bits per heavy atom. The minimum atomic E-state index is -0.697. The van der Waals surface area contributed by atoms with Crippen molar-refractivity contribution >= 4 is 11.6 Å². The molecule has 2 atom stereocenters. The second kappa shape index (κ2) is 5.34. The van der Waals surface area contributed by atoms with Crippen molar-refractivity contribution in [2.75, 3.05) is 0 Å². The highest BCUT2D eigenvalue weighted by molar-refractivity contribution is 6.30. The molecule has 3 N–H and O–H groups in total. The summed E-state index contributed by atoms with van der Waals surface area (Å²) in [6.45, 7) is 0. The summed E-state index contributed by atoms with van der Waals surface area (Å²) in [6.07, 6.45) is 3.48. The number of aliphatic hydroxyl groups excluding tert-OH is 1. The lowest BCUT2D eigenvalue weighted by Crippen LogP contribution is -2.32. The van der Waals surface area contributed by atoms with Crippen molar-refractivity contribution in [3.05, 3.63) is 34.6 Å². The maximum absolute atomic E-state index is 13.8. The molecule has 0 radical (unpaired) electrons. The van der Waals surface area contributed by atoms with E-state index < -0.39 is 18.0 Å². The van der Waals surface area contributed by atoms with Gasteiger partial charge in [0.1, 0.15) is 5.82 Å². The van der Waals surface area contributed by atoms with E-state index in [0.29, 0.717) is 5.56 Å². The van der Waals surface area contributed by atoms with Crippen LogP contribution in [-0.4, -0.2) is 11.2 Å². The molecule has 0 heterocycles. The maximum Gasteiger partial charge on any atom is 0.146 e. The Labute approximate surface area is 106 Å². The zero-order chi connectivity index (χ0) is 12.4. The molecule has 0 unspecified atom stereocenters. The highest BCUT2D eigenvalue weighted by atomic mass is 35.5. The van der Waals surface area contributed by atoms with Crippen LogP contribution in [0.15, 0.2) is 18.2 Å². The summed E-state index contributed by atoms with van der Waals surface area (Å²) in [4.78, 5) is 0. The summed E-state index contributed by atoms with van der Waals surface area (Å²) < 4.78 is 13.8. The third-order valence-corrected chi connectivity index (χ3v) is 3.88. The van der Waals surface area contributed by atoms with Crippen LogP contribution in [0.4, 0.5) is 4.39 Å². The van der Waals surface area contributed by atoms with Gasteiger partial charge in [0.25, 0.3) is 0 Å². The zero-order valence-electron chi connectivity index (χ0n) is 9.57. The number of nitrogens with two attached hydrogens (primary N) is 1. The Balaban J connectivity index is 2.18. The van der Waals surface area contributed by atoms with Gasteiger partial charge in [-0.05, 0) is 24.8 Å². The first-order valence-corrected chi connectivity index (χ1v) is 6.36. The molecule has 2 rings (SSSR count). The van der Waals surface area contributed by atoms with E-state index in [9.17, 15) is 9.50 Å². The van der Waals surface area contributed by atoms with Gasteiger partial charge in [0.15, 0.2) is 0 Å². The van der Waals surface area contributed by atoms with E-state index in [4.69, 9.17) is 17.3 Å². The van der Waals surface area contributed by atoms with Crippen molar-refractivity contribution < 1.29 is 9.50 Å². The average Bonchev–Trinajstić information content (AvgIpc) is 2.84. The van der Waals surface area contributed by atoms with E-state index in [1.54, 1.807) is 12.1 Å². The van der Waals surface area contributed by atoms with Crippen molar-refractivity contribution in [2.45, 2.75) is 37.8 Å². The molecular formula is C13H17ClFNO. The van der Waals surface area contributed by atoms with Gasteiger partial charge in [-0.3, -0.25) is 0 Å². The van der Waals surface area contributed by atoms with E-state index >= 15 is 0 Å². The standard InChI is InChI=1S/C13H17ClFNO/c14-10-7-3-6-9(11(10)15)12(16)13(17)8-4-1-2-5-8/h3,6-8,12-13,17H,1-2,4-5,16H2/t12-,13+/m0/s1. The molecule has 2 nitrogen and oxygen atoms in total. The summed E-state index contributed by atoms with van der Waals surface area (Å²) in [5.74, 6) is -0.331. The minimum absolute atomic E-state index is 0.0524. The van der Waals surface area contributed by atoms with Gasteiger partial charge in [0.05, 0.1) is 17.2 Å². The molecule has 17 heavy (non-hydrogen) atoms. The van der Waals surface area contributed by atoms with Crippen molar-refractivity contribution in [1.29, 1.82) is 0 Å². The van der Waals surface area contributed by atoms with E-state index in [2.05, 4.69) is 0 Å². The highest BCUT2D eigenvalue weighted by Crippen LogP contribution is 2.34. The second-order valence-corrected chi connectivity index (χ2v) is 5.11. The molecule has 0 amide bonds. The number of benzene rings is 1. The lowest BCUT2D eigenvalue weighted by Gasteiger charge is -2.25. The largest absolute Gasteiger partial charge is 0.391 e. The van der Waals surface area contributed by atoms with Crippen LogP contribution in [0.25, 0.3) is 0 Å². The zero-order valence-corrected chi connectivity index (χ0v) is 10.3. The number of halogens is 2. The Kier molecular flexibility index (Phi) is 4.02. The third kappa shape index (κ3) is 2.62. The second-order valence-electron chi connectivity index (χ2n) is 4.70. The Morgan fingerprint density at radius 1 is 1.35 bits per heavy atom. The van der Waals surface area contributed by atoms with Crippen LogP contribution in [0.3, 0.4) is 0 Å². The fraction of sp³-hybridized carbons (Fsp3) is 0.538. The van der Waals surface area contributed by atoms with Crippen molar-refractivity contribution in [3.8, 4) is 0 Å². The predicted molar refractivity (Wildman–Crippen MR) is 66.3 cm³/mol. The molecule has 0 bridgehead atoms. The molecule has 0 saturated heterocycles. The lowest BCUT2D eigenvalue weighted by atomic mass is 9.91. The van der Waals surface area contributed by atoms with Gasteiger partial charge in [-0.1, -0.05) is 36.6 Å². The summed E-state index contributed by atoms with van der Waals surface area (Å²) in [6, 6.07) is 4.03. The molecule has 1 fully saturated rings. The minimum Gasteiger partial charge on any atom is -0.391 e. The van der Waals surface area contributed by atoms with Crippen LogP contribution in [-0.2, 0) is 0 Å². The third-order valence-electron chi connectivity index (χ3n) is 3.59. The first-order valence-electron chi connectivity index (χ1n) is 5.99. The first kappa shape index (κ1) is 12.8. The smallest absolute Gasteiger partial charge is 0.146 e. The Bertz CT molecular complexity index is 393. The summed E-state index contributed by atoms with van der Waals surface area (Å²) >= 11 is 5.71. The number of aliphatic hydroxyl groups is 1. The molecule has 1 saturated carbocycles. The normalized spacial score (nSPS) is 20.5. The van der Waals surface area contributed by atoms with Crippen molar-refractivity contribution in [1.82, 2.24) is 0 Å².